The second-order valence-corrected chi connectivity index (χ2v) is 8.80. The third-order valence-corrected chi connectivity index (χ3v) is 6.34. The molecule has 4 nitrogen and oxygen atoms in total. The molecule has 0 amide bonds. The molecule has 0 saturated carbocycles. The third kappa shape index (κ3) is 5.38. The van der Waals surface area contributed by atoms with Crippen molar-refractivity contribution in [2.75, 3.05) is 26.2 Å². The lowest BCUT2D eigenvalue weighted by atomic mass is 9.98. The molecule has 5 rings (SSSR count). The lowest BCUT2D eigenvalue weighted by Gasteiger charge is -2.26. The zero-order valence-electron chi connectivity index (χ0n) is 19.3. The molecule has 1 heterocycles. The topological polar surface area (TPSA) is 41.9 Å². The largest absolute Gasteiger partial charge is 0.508 e. The summed E-state index contributed by atoms with van der Waals surface area (Å²) in [4.78, 5) is 2.42. The Hall–Kier alpha value is -3.64. The first-order valence-corrected chi connectivity index (χ1v) is 11.9. The Morgan fingerprint density at radius 3 is 2.34 bits per heavy atom. The van der Waals surface area contributed by atoms with E-state index in [1.165, 1.54) is 19.3 Å². The van der Waals surface area contributed by atoms with Crippen molar-refractivity contribution in [2.45, 2.75) is 19.3 Å². The summed E-state index contributed by atoms with van der Waals surface area (Å²) in [5, 5.41) is 11.3. The summed E-state index contributed by atoms with van der Waals surface area (Å²) in [6, 6.07) is 18.9. The summed E-state index contributed by atoms with van der Waals surface area (Å²) in [6.45, 7) is 3.79. The summed E-state index contributed by atoms with van der Waals surface area (Å²) >= 11 is 0. The van der Waals surface area contributed by atoms with Gasteiger partial charge in [0.2, 0.25) is 0 Å². The van der Waals surface area contributed by atoms with Gasteiger partial charge in [-0.3, -0.25) is 4.90 Å². The molecule has 0 aliphatic carbocycles. The first kappa shape index (κ1) is 23.1. The average molecular weight is 476 g/mol. The average Bonchev–Trinajstić information content (AvgIpc) is 2.87. The van der Waals surface area contributed by atoms with Crippen molar-refractivity contribution in [2.24, 2.45) is 0 Å². The molecule has 4 aromatic carbocycles. The van der Waals surface area contributed by atoms with E-state index in [9.17, 15) is 13.9 Å². The van der Waals surface area contributed by atoms with Gasteiger partial charge in [0.1, 0.15) is 41.2 Å². The van der Waals surface area contributed by atoms with Crippen LogP contribution in [0.15, 0.2) is 72.8 Å². The summed E-state index contributed by atoms with van der Waals surface area (Å²) in [7, 11) is 0. The highest BCUT2D eigenvalue weighted by Gasteiger charge is 2.17. The zero-order chi connectivity index (χ0) is 24.2. The molecule has 1 saturated heterocycles. The third-order valence-electron chi connectivity index (χ3n) is 6.34. The minimum absolute atomic E-state index is 0.104. The number of nitrogens with zero attached hydrogens (tertiary/aromatic N) is 1. The quantitative estimate of drug-likeness (QED) is 0.308. The number of likely N-dealkylation sites (tertiary alicyclic amines) is 1. The Morgan fingerprint density at radius 1 is 0.771 bits per heavy atom. The van der Waals surface area contributed by atoms with Gasteiger partial charge < -0.3 is 14.6 Å². The van der Waals surface area contributed by atoms with Crippen molar-refractivity contribution in [1.29, 1.82) is 0 Å². The van der Waals surface area contributed by atoms with Gasteiger partial charge >= 0.3 is 0 Å². The number of ether oxygens (including phenoxy) is 2. The van der Waals surface area contributed by atoms with Crippen LogP contribution in [0.3, 0.4) is 0 Å². The minimum Gasteiger partial charge on any atom is -0.508 e. The number of rotatable bonds is 7. The van der Waals surface area contributed by atoms with Crippen molar-refractivity contribution in [1.82, 2.24) is 4.90 Å². The van der Waals surface area contributed by atoms with Crippen LogP contribution in [0, 0.1) is 11.6 Å². The Bertz CT molecular complexity index is 1320. The number of fused-ring (bicyclic) bond motifs is 1. The number of phenols is 1. The Morgan fingerprint density at radius 2 is 1.54 bits per heavy atom. The van der Waals surface area contributed by atoms with Crippen LogP contribution in [-0.2, 0) is 0 Å². The number of aromatic hydroxyl groups is 1. The van der Waals surface area contributed by atoms with Gasteiger partial charge in [-0.05, 0) is 98.0 Å². The van der Waals surface area contributed by atoms with E-state index in [-0.39, 0.29) is 11.3 Å². The Kier molecular flexibility index (Phi) is 6.82. The van der Waals surface area contributed by atoms with Crippen molar-refractivity contribution < 1.29 is 23.4 Å². The van der Waals surface area contributed by atoms with E-state index < -0.39 is 11.6 Å². The molecule has 0 spiro atoms. The predicted octanol–water partition coefficient (Wildman–Crippen LogP) is 7.15. The second-order valence-electron chi connectivity index (χ2n) is 8.80. The van der Waals surface area contributed by atoms with Gasteiger partial charge in [0.05, 0.1) is 0 Å². The first-order chi connectivity index (χ1) is 17.1. The number of hydrogen-bond donors (Lipinski definition) is 1. The number of hydrogen-bond acceptors (Lipinski definition) is 4. The Balaban J connectivity index is 1.40. The lowest BCUT2D eigenvalue weighted by molar-refractivity contribution is 0.183. The number of piperidine rings is 1. The van der Waals surface area contributed by atoms with E-state index in [2.05, 4.69) is 4.90 Å². The predicted molar refractivity (Wildman–Crippen MR) is 133 cm³/mol. The molecule has 1 N–H and O–H groups in total. The molecular formula is C29H27F2NO3. The van der Waals surface area contributed by atoms with Crippen molar-refractivity contribution >= 4 is 10.8 Å². The van der Waals surface area contributed by atoms with Crippen LogP contribution in [-0.4, -0.2) is 36.2 Å². The van der Waals surface area contributed by atoms with Crippen molar-refractivity contribution in [3.8, 4) is 34.1 Å². The highest BCUT2D eigenvalue weighted by atomic mass is 19.1. The molecule has 0 radical (unpaired) electrons. The maximum Gasteiger partial charge on any atom is 0.143 e. The van der Waals surface area contributed by atoms with Gasteiger partial charge in [0.25, 0.3) is 0 Å². The maximum absolute atomic E-state index is 14.7. The molecule has 0 bridgehead atoms. The van der Waals surface area contributed by atoms with Gasteiger partial charge in [-0.2, -0.15) is 0 Å². The summed E-state index contributed by atoms with van der Waals surface area (Å²) in [5.41, 5.74) is 0.523. The first-order valence-electron chi connectivity index (χ1n) is 11.9. The van der Waals surface area contributed by atoms with Crippen LogP contribution in [0.1, 0.15) is 19.3 Å². The highest BCUT2D eigenvalue weighted by Crippen LogP contribution is 2.41. The smallest absolute Gasteiger partial charge is 0.143 e. The summed E-state index contributed by atoms with van der Waals surface area (Å²) in [5.74, 6) is 0.682. The van der Waals surface area contributed by atoms with Crippen molar-refractivity contribution in [3.05, 3.63) is 84.4 Å². The standard InChI is InChI=1S/C29H27F2NO3/c30-21-5-13-28(31)27(19-21)26-11-4-20-18-22(33)6-12-25(20)29(26)35-24-9-7-23(8-10-24)34-17-16-32-14-2-1-3-15-32/h4-13,18-19,33H,1-3,14-17H2. The minimum atomic E-state index is -0.549. The molecule has 35 heavy (non-hydrogen) atoms. The monoisotopic (exact) mass is 475 g/mol. The maximum atomic E-state index is 14.7. The molecule has 0 aromatic heterocycles. The SMILES string of the molecule is Oc1ccc2c(Oc3ccc(OCCN4CCCCC4)cc3)c(-c3cc(F)ccc3F)ccc2c1. The number of phenolic OH excluding ortho intramolecular Hbond substituents is 1. The highest BCUT2D eigenvalue weighted by molar-refractivity contribution is 5.96. The molecule has 0 unspecified atom stereocenters. The molecular weight excluding hydrogens is 448 g/mol. The van der Waals surface area contributed by atoms with Crippen LogP contribution in [0.4, 0.5) is 8.78 Å². The van der Waals surface area contributed by atoms with Gasteiger partial charge in [-0.1, -0.05) is 12.5 Å². The second kappa shape index (κ2) is 10.3. The van der Waals surface area contributed by atoms with E-state index in [1.54, 1.807) is 42.5 Å². The molecule has 180 valence electrons. The van der Waals surface area contributed by atoms with E-state index in [0.29, 0.717) is 29.1 Å². The van der Waals surface area contributed by atoms with E-state index in [0.717, 1.165) is 49.0 Å². The van der Waals surface area contributed by atoms with Gasteiger partial charge in [-0.25, -0.2) is 8.78 Å². The van der Waals surface area contributed by atoms with Gasteiger partial charge in [0.15, 0.2) is 0 Å². The number of halogens is 2. The fourth-order valence-corrected chi connectivity index (χ4v) is 4.51. The van der Waals surface area contributed by atoms with Crippen LogP contribution in [0.25, 0.3) is 21.9 Å². The molecule has 1 aliphatic rings. The fourth-order valence-electron chi connectivity index (χ4n) is 4.51. The summed E-state index contributed by atoms with van der Waals surface area (Å²) in [6.07, 6.45) is 3.81. The van der Waals surface area contributed by atoms with Crippen LogP contribution in [0.5, 0.6) is 23.0 Å². The molecule has 1 aliphatic heterocycles. The zero-order valence-corrected chi connectivity index (χ0v) is 19.3. The summed E-state index contributed by atoms with van der Waals surface area (Å²) < 4.78 is 40.8. The van der Waals surface area contributed by atoms with Gasteiger partial charge in [0, 0.05) is 23.1 Å². The Labute approximate surface area is 203 Å². The van der Waals surface area contributed by atoms with Crippen molar-refractivity contribution in [3.63, 3.8) is 0 Å². The number of benzene rings is 4. The molecule has 1 fully saturated rings. The fraction of sp³-hybridized carbons (Fsp3) is 0.241. The normalized spacial score (nSPS) is 14.2. The van der Waals surface area contributed by atoms with Crippen LogP contribution < -0.4 is 9.47 Å². The van der Waals surface area contributed by atoms with E-state index in [4.69, 9.17) is 9.47 Å². The molecule has 4 aromatic rings. The van der Waals surface area contributed by atoms with E-state index >= 15 is 0 Å². The molecule has 6 heteroatoms. The lowest BCUT2D eigenvalue weighted by Crippen LogP contribution is -2.33. The van der Waals surface area contributed by atoms with Gasteiger partial charge in [-0.15, -0.1) is 0 Å². The van der Waals surface area contributed by atoms with Crippen LogP contribution in [0.2, 0.25) is 0 Å². The molecule has 0 atom stereocenters. The van der Waals surface area contributed by atoms with Crippen LogP contribution >= 0.6 is 0 Å². The van der Waals surface area contributed by atoms with E-state index in [1.807, 2.05) is 12.1 Å².